The molecule has 0 saturated heterocycles. The van der Waals surface area contributed by atoms with Crippen molar-refractivity contribution in [2.24, 2.45) is 0 Å². The molecular formula is C16H9ClF6N2O4. The number of halogens is 7. The minimum absolute atomic E-state index is 0.169. The quantitative estimate of drug-likeness (QED) is 0.547. The van der Waals surface area contributed by atoms with Crippen molar-refractivity contribution in [3.05, 3.63) is 52.7 Å². The number of carbonyl (C=O) groups is 2. The van der Waals surface area contributed by atoms with Crippen LogP contribution in [-0.4, -0.2) is 29.8 Å². The van der Waals surface area contributed by atoms with Gasteiger partial charge in [-0.25, -0.2) is 9.78 Å². The molecule has 1 aromatic heterocycles. The van der Waals surface area contributed by atoms with E-state index >= 15 is 0 Å². The minimum atomic E-state index is -4.90. The van der Waals surface area contributed by atoms with Crippen molar-refractivity contribution in [1.82, 2.24) is 4.98 Å². The van der Waals surface area contributed by atoms with E-state index in [1.807, 2.05) is 0 Å². The second-order valence-electron chi connectivity index (χ2n) is 5.25. The molecule has 0 aliphatic rings. The van der Waals surface area contributed by atoms with Crippen molar-refractivity contribution in [3.8, 4) is 5.75 Å². The molecule has 0 unspecified atom stereocenters. The molecule has 0 radical (unpaired) electrons. The van der Waals surface area contributed by atoms with Gasteiger partial charge in [-0.15, -0.1) is 13.2 Å². The normalized spacial score (nSPS) is 11.7. The number of ether oxygens (including phenoxy) is 2. The molecule has 1 N–H and O–H groups in total. The van der Waals surface area contributed by atoms with E-state index in [1.165, 1.54) is 0 Å². The van der Waals surface area contributed by atoms with Crippen LogP contribution in [-0.2, 0) is 15.7 Å². The molecule has 0 aliphatic heterocycles. The van der Waals surface area contributed by atoms with Crippen LogP contribution in [0.25, 0.3) is 0 Å². The number of aromatic nitrogens is 1. The minimum Gasteiger partial charge on any atom is -0.452 e. The molecule has 0 bridgehead atoms. The molecule has 0 saturated carbocycles. The summed E-state index contributed by atoms with van der Waals surface area (Å²) in [6.07, 6.45) is -9.11. The maximum absolute atomic E-state index is 12.5. The van der Waals surface area contributed by atoms with E-state index in [4.69, 9.17) is 11.6 Å². The Kier molecular flexibility index (Phi) is 6.57. The number of pyridine rings is 1. The SMILES string of the molecule is O=C(COC(=O)c1ccc(OC(F)(F)F)cc1)Nc1ncc(C(F)(F)F)cc1Cl. The molecule has 1 heterocycles. The van der Waals surface area contributed by atoms with Crippen LogP contribution in [0.1, 0.15) is 15.9 Å². The van der Waals surface area contributed by atoms with E-state index < -0.39 is 47.4 Å². The van der Waals surface area contributed by atoms with Gasteiger partial charge in [0.1, 0.15) is 5.75 Å². The van der Waals surface area contributed by atoms with Crippen LogP contribution in [0.3, 0.4) is 0 Å². The second kappa shape index (κ2) is 8.55. The zero-order valence-corrected chi connectivity index (χ0v) is 14.7. The predicted octanol–water partition coefficient (Wildman–Crippen LogP) is 4.45. The maximum atomic E-state index is 12.5. The molecule has 0 spiro atoms. The molecule has 0 fully saturated rings. The first-order valence-electron chi connectivity index (χ1n) is 7.40. The Morgan fingerprint density at radius 1 is 1.07 bits per heavy atom. The predicted molar refractivity (Wildman–Crippen MR) is 86.3 cm³/mol. The van der Waals surface area contributed by atoms with Gasteiger partial charge in [0, 0.05) is 6.20 Å². The van der Waals surface area contributed by atoms with Gasteiger partial charge < -0.3 is 14.8 Å². The highest BCUT2D eigenvalue weighted by Gasteiger charge is 2.32. The van der Waals surface area contributed by atoms with Crippen LogP contribution in [0.5, 0.6) is 5.75 Å². The van der Waals surface area contributed by atoms with Crippen LogP contribution in [0.2, 0.25) is 5.02 Å². The molecule has 0 aliphatic carbocycles. The number of hydrogen-bond acceptors (Lipinski definition) is 5. The van der Waals surface area contributed by atoms with Crippen LogP contribution < -0.4 is 10.1 Å². The number of benzene rings is 1. The van der Waals surface area contributed by atoms with Gasteiger partial charge in [-0.1, -0.05) is 11.6 Å². The summed E-state index contributed by atoms with van der Waals surface area (Å²) >= 11 is 5.62. The maximum Gasteiger partial charge on any atom is 0.573 e. The first kappa shape index (κ1) is 22.3. The van der Waals surface area contributed by atoms with E-state index in [-0.39, 0.29) is 11.4 Å². The number of hydrogen-bond donors (Lipinski definition) is 1. The molecule has 0 atom stereocenters. The third-order valence-electron chi connectivity index (χ3n) is 3.08. The summed E-state index contributed by atoms with van der Waals surface area (Å²) < 4.78 is 82.1. The number of esters is 1. The third-order valence-corrected chi connectivity index (χ3v) is 3.37. The molecular weight excluding hydrogens is 434 g/mol. The molecule has 2 rings (SSSR count). The average Bonchev–Trinajstić information content (AvgIpc) is 2.60. The number of nitrogens with zero attached hydrogens (tertiary/aromatic N) is 1. The Hall–Kier alpha value is -3.02. The highest BCUT2D eigenvalue weighted by molar-refractivity contribution is 6.33. The van der Waals surface area contributed by atoms with Crippen LogP contribution in [0.4, 0.5) is 32.2 Å². The Morgan fingerprint density at radius 3 is 2.21 bits per heavy atom. The van der Waals surface area contributed by atoms with Crippen molar-refractivity contribution in [1.29, 1.82) is 0 Å². The van der Waals surface area contributed by atoms with Crippen LogP contribution in [0, 0.1) is 0 Å². The number of amides is 1. The standard InChI is InChI=1S/C16H9ClF6N2O4/c17-11-5-9(15(18,19)20)6-24-13(11)25-12(26)7-28-14(27)8-1-3-10(4-2-8)29-16(21,22)23/h1-6H,7H2,(H,24,25,26). The number of nitrogens with one attached hydrogen (secondary N) is 1. The van der Waals surface area contributed by atoms with Crippen molar-refractivity contribution in [2.45, 2.75) is 12.5 Å². The fraction of sp³-hybridized carbons (Fsp3) is 0.188. The molecule has 13 heteroatoms. The molecule has 6 nitrogen and oxygen atoms in total. The van der Waals surface area contributed by atoms with Gasteiger partial charge in [-0.3, -0.25) is 4.79 Å². The van der Waals surface area contributed by atoms with Crippen molar-refractivity contribution in [2.75, 3.05) is 11.9 Å². The summed E-state index contributed by atoms with van der Waals surface area (Å²) in [7, 11) is 0. The van der Waals surface area contributed by atoms with E-state index in [1.54, 1.807) is 0 Å². The average molecular weight is 443 g/mol. The summed E-state index contributed by atoms with van der Waals surface area (Å²) in [5, 5.41) is 1.57. The molecule has 2 aromatic rings. The molecule has 29 heavy (non-hydrogen) atoms. The van der Waals surface area contributed by atoms with Crippen LogP contribution in [0.15, 0.2) is 36.5 Å². The van der Waals surface area contributed by atoms with E-state index in [9.17, 15) is 35.9 Å². The zero-order valence-electron chi connectivity index (χ0n) is 13.9. The number of rotatable bonds is 5. The van der Waals surface area contributed by atoms with Gasteiger partial charge in [-0.05, 0) is 30.3 Å². The fourth-order valence-electron chi connectivity index (χ4n) is 1.86. The lowest BCUT2D eigenvalue weighted by Gasteiger charge is -2.11. The summed E-state index contributed by atoms with van der Waals surface area (Å²) in [6, 6.07) is 4.26. The lowest BCUT2D eigenvalue weighted by Crippen LogP contribution is -2.22. The van der Waals surface area contributed by atoms with Gasteiger partial charge in [-0.2, -0.15) is 13.2 Å². The fourth-order valence-corrected chi connectivity index (χ4v) is 2.07. The number of alkyl halides is 6. The van der Waals surface area contributed by atoms with Gasteiger partial charge in [0.05, 0.1) is 16.1 Å². The molecule has 1 amide bonds. The summed E-state index contributed by atoms with van der Waals surface area (Å²) in [6.45, 7) is -0.849. The second-order valence-corrected chi connectivity index (χ2v) is 5.66. The Labute approximate surface area is 163 Å². The monoisotopic (exact) mass is 442 g/mol. The van der Waals surface area contributed by atoms with Gasteiger partial charge in [0.15, 0.2) is 12.4 Å². The largest absolute Gasteiger partial charge is 0.573 e. The number of anilines is 1. The van der Waals surface area contributed by atoms with Crippen molar-refractivity contribution >= 4 is 29.3 Å². The van der Waals surface area contributed by atoms with Gasteiger partial charge in [0.25, 0.3) is 5.91 Å². The summed E-state index contributed by atoms with van der Waals surface area (Å²) in [5.74, 6) is -2.93. The third kappa shape index (κ3) is 6.82. The smallest absolute Gasteiger partial charge is 0.452 e. The Morgan fingerprint density at radius 2 is 1.69 bits per heavy atom. The van der Waals surface area contributed by atoms with Crippen molar-refractivity contribution in [3.63, 3.8) is 0 Å². The highest BCUT2D eigenvalue weighted by Crippen LogP contribution is 2.32. The number of carbonyl (C=O) groups excluding carboxylic acids is 2. The van der Waals surface area contributed by atoms with E-state index in [0.717, 1.165) is 24.3 Å². The highest BCUT2D eigenvalue weighted by atomic mass is 35.5. The Bertz CT molecular complexity index is 900. The van der Waals surface area contributed by atoms with Gasteiger partial charge >= 0.3 is 18.5 Å². The van der Waals surface area contributed by atoms with E-state index in [0.29, 0.717) is 12.3 Å². The zero-order chi connectivity index (χ0) is 21.8. The van der Waals surface area contributed by atoms with Crippen molar-refractivity contribution < 1.29 is 45.4 Å². The summed E-state index contributed by atoms with van der Waals surface area (Å²) in [5.41, 5.74) is -1.29. The van der Waals surface area contributed by atoms with E-state index in [2.05, 4.69) is 19.8 Å². The lowest BCUT2D eigenvalue weighted by atomic mass is 10.2. The first-order valence-corrected chi connectivity index (χ1v) is 7.78. The van der Waals surface area contributed by atoms with Crippen LogP contribution >= 0.6 is 11.6 Å². The van der Waals surface area contributed by atoms with Gasteiger partial charge in [0.2, 0.25) is 0 Å². The lowest BCUT2D eigenvalue weighted by molar-refractivity contribution is -0.274. The molecule has 156 valence electrons. The summed E-state index contributed by atoms with van der Waals surface area (Å²) in [4.78, 5) is 26.9. The topological polar surface area (TPSA) is 77.5 Å². The first-order chi connectivity index (χ1) is 13.3. The Balaban J connectivity index is 1.91. The molecule has 1 aromatic carbocycles.